The fourth-order valence-electron chi connectivity index (χ4n) is 3.26. The molecule has 0 saturated heterocycles. The molecule has 0 aliphatic carbocycles. The van der Waals surface area contributed by atoms with Gasteiger partial charge in [0.05, 0.1) is 35.5 Å². The maximum atomic E-state index is 12.4. The minimum Gasteiger partial charge on any atom is -0.469 e. The largest absolute Gasteiger partial charge is 0.469 e. The first-order valence-electron chi connectivity index (χ1n) is 9.36. The molecular formula is C23H21Cl2NO4. The SMILES string of the molecule is COC(=O)[C@H](CC(=O)ON[C@H](C)c1cccc2ccccc12)c1ccc(Cl)c(Cl)c1. The molecule has 0 fully saturated rings. The van der Waals surface area contributed by atoms with E-state index in [-0.39, 0.29) is 12.5 Å². The van der Waals surface area contributed by atoms with Gasteiger partial charge in [-0.25, -0.2) is 0 Å². The molecule has 0 amide bonds. The van der Waals surface area contributed by atoms with Crippen molar-refractivity contribution in [3.8, 4) is 0 Å². The zero-order valence-corrected chi connectivity index (χ0v) is 18.0. The van der Waals surface area contributed by atoms with Gasteiger partial charge >= 0.3 is 11.9 Å². The van der Waals surface area contributed by atoms with Gasteiger partial charge in [0.25, 0.3) is 0 Å². The lowest BCUT2D eigenvalue weighted by atomic mass is 9.96. The van der Waals surface area contributed by atoms with Crippen molar-refractivity contribution in [2.24, 2.45) is 0 Å². The summed E-state index contributed by atoms with van der Waals surface area (Å²) in [6.07, 6.45) is -0.208. The Morgan fingerprint density at radius 1 is 1.00 bits per heavy atom. The number of carbonyl (C=O) groups excluding carboxylic acids is 2. The fraction of sp³-hybridized carbons (Fsp3) is 0.217. The first-order chi connectivity index (χ1) is 14.4. The smallest absolute Gasteiger partial charge is 0.325 e. The molecule has 0 spiro atoms. The number of hydrogen-bond acceptors (Lipinski definition) is 5. The zero-order valence-electron chi connectivity index (χ0n) is 16.5. The molecule has 0 heterocycles. The zero-order chi connectivity index (χ0) is 21.7. The van der Waals surface area contributed by atoms with E-state index in [4.69, 9.17) is 32.8 Å². The van der Waals surface area contributed by atoms with Crippen LogP contribution < -0.4 is 5.48 Å². The van der Waals surface area contributed by atoms with Crippen molar-refractivity contribution in [3.05, 3.63) is 81.8 Å². The van der Waals surface area contributed by atoms with Crippen molar-refractivity contribution < 1.29 is 19.2 Å². The third-order valence-electron chi connectivity index (χ3n) is 4.84. The van der Waals surface area contributed by atoms with Gasteiger partial charge in [-0.1, -0.05) is 71.7 Å². The van der Waals surface area contributed by atoms with Crippen LogP contribution >= 0.6 is 23.2 Å². The molecule has 7 heteroatoms. The van der Waals surface area contributed by atoms with Crippen LogP contribution in [0.3, 0.4) is 0 Å². The quantitative estimate of drug-likeness (QED) is 0.378. The summed E-state index contributed by atoms with van der Waals surface area (Å²) in [5.74, 6) is -2.01. The number of carbonyl (C=O) groups is 2. The third-order valence-corrected chi connectivity index (χ3v) is 5.58. The van der Waals surface area contributed by atoms with Crippen molar-refractivity contribution in [3.63, 3.8) is 0 Å². The van der Waals surface area contributed by atoms with Gasteiger partial charge in [0, 0.05) is 0 Å². The summed E-state index contributed by atoms with van der Waals surface area (Å²) in [5, 5.41) is 2.82. The molecule has 0 bridgehead atoms. The Morgan fingerprint density at radius 2 is 1.73 bits per heavy atom. The first kappa shape index (κ1) is 22.1. The molecule has 0 unspecified atom stereocenters. The number of rotatable bonds is 7. The van der Waals surface area contributed by atoms with Gasteiger partial charge in [-0.05, 0) is 41.0 Å². The van der Waals surface area contributed by atoms with Crippen LogP contribution in [0.4, 0.5) is 0 Å². The highest BCUT2D eigenvalue weighted by molar-refractivity contribution is 6.42. The second-order valence-corrected chi connectivity index (χ2v) is 7.65. The van der Waals surface area contributed by atoms with Gasteiger partial charge in [-0.15, -0.1) is 5.48 Å². The molecule has 0 aliphatic heterocycles. The van der Waals surface area contributed by atoms with Crippen LogP contribution in [0.25, 0.3) is 10.8 Å². The number of esters is 1. The normalized spacial score (nSPS) is 12.9. The number of halogens is 2. The van der Waals surface area contributed by atoms with E-state index < -0.39 is 17.9 Å². The monoisotopic (exact) mass is 445 g/mol. The summed E-state index contributed by atoms with van der Waals surface area (Å²) in [5.41, 5.74) is 4.29. The average Bonchev–Trinajstić information content (AvgIpc) is 2.76. The van der Waals surface area contributed by atoms with Gasteiger partial charge in [0.1, 0.15) is 0 Å². The number of methoxy groups -OCH3 is 1. The maximum Gasteiger partial charge on any atom is 0.325 e. The Balaban J connectivity index is 1.69. The minimum atomic E-state index is -0.855. The van der Waals surface area contributed by atoms with E-state index in [0.717, 1.165) is 16.3 Å². The van der Waals surface area contributed by atoms with Gasteiger partial charge < -0.3 is 9.57 Å². The molecule has 3 rings (SSSR count). The molecule has 3 aromatic carbocycles. The second kappa shape index (κ2) is 9.94. The predicted molar refractivity (Wildman–Crippen MR) is 117 cm³/mol. The first-order valence-corrected chi connectivity index (χ1v) is 10.1. The van der Waals surface area contributed by atoms with Crippen LogP contribution in [0, 0.1) is 0 Å². The maximum absolute atomic E-state index is 12.4. The summed E-state index contributed by atoms with van der Waals surface area (Å²) in [7, 11) is 1.26. The van der Waals surface area contributed by atoms with Crippen LogP contribution in [0.15, 0.2) is 60.7 Å². The van der Waals surface area contributed by atoms with Crippen LogP contribution in [-0.4, -0.2) is 19.0 Å². The lowest BCUT2D eigenvalue weighted by molar-refractivity contribution is -0.157. The molecule has 156 valence electrons. The third kappa shape index (κ3) is 5.11. The van der Waals surface area contributed by atoms with E-state index >= 15 is 0 Å². The summed E-state index contributed by atoms with van der Waals surface area (Å²) < 4.78 is 4.84. The summed E-state index contributed by atoms with van der Waals surface area (Å²) in [6, 6.07) is 18.4. The van der Waals surface area contributed by atoms with Crippen molar-refractivity contribution in [1.82, 2.24) is 5.48 Å². The lowest BCUT2D eigenvalue weighted by Gasteiger charge is -2.18. The number of benzene rings is 3. The molecule has 0 saturated carbocycles. The standard InChI is InChI=1S/C23H21Cl2NO4/c1-14(17-9-5-7-15-6-3-4-8-18(15)17)26-30-22(27)13-19(23(28)29-2)16-10-11-20(24)21(25)12-16/h3-12,14,19,26H,13H2,1-2H3/t14-,19-/m1/s1. The van der Waals surface area contributed by atoms with Gasteiger partial charge in [0.2, 0.25) is 0 Å². The number of fused-ring (bicyclic) bond motifs is 1. The van der Waals surface area contributed by atoms with Crippen LogP contribution in [0.5, 0.6) is 0 Å². The summed E-state index contributed by atoms with van der Waals surface area (Å²) in [6.45, 7) is 1.89. The topological polar surface area (TPSA) is 64.6 Å². The Hall–Kier alpha value is -2.60. The molecule has 0 radical (unpaired) electrons. The Labute approximate surface area is 184 Å². The number of hydrogen-bond donors (Lipinski definition) is 1. The Bertz CT molecular complexity index is 1060. The van der Waals surface area contributed by atoms with E-state index in [1.54, 1.807) is 18.2 Å². The molecule has 3 aromatic rings. The van der Waals surface area contributed by atoms with Gasteiger partial charge in [-0.3, -0.25) is 9.59 Å². The Morgan fingerprint density at radius 3 is 2.47 bits per heavy atom. The molecule has 2 atom stereocenters. The van der Waals surface area contributed by atoms with E-state index in [0.29, 0.717) is 15.6 Å². The van der Waals surface area contributed by atoms with Crippen molar-refractivity contribution in [2.75, 3.05) is 7.11 Å². The number of ether oxygens (including phenoxy) is 1. The summed E-state index contributed by atoms with van der Waals surface area (Å²) >= 11 is 12.0. The van der Waals surface area contributed by atoms with Crippen LogP contribution in [0.1, 0.15) is 36.4 Å². The van der Waals surface area contributed by atoms with E-state index in [1.807, 2.05) is 49.4 Å². The van der Waals surface area contributed by atoms with E-state index in [9.17, 15) is 9.59 Å². The van der Waals surface area contributed by atoms with Gasteiger partial charge in [0.15, 0.2) is 0 Å². The number of nitrogens with one attached hydrogen (secondary N) is 1. The van der Waals surface area contributed by atoms with Gasteiger partial charge in [-0.2, -0.15) is 0 Å². The molecule has 0 aromatic heterocycles. The Kier molecular flexibility index (Phi) is 7.32. The predicted octanol–water partition coefficient (Wildman–Crippen LogP) is 5.60. The number of hydroxylamine groups is 1. The second-order valence-electron chi connectivity index (χ2n) is 6.84. The fourth-order valence-corrected chi connectivity index (χ4v) is 3.57. The van der Waals surface area contributed by atoms with E-state index in [2.05, 4.69) is 5.48 Å². The molecule has 0 aliphatic rings. The molecule has 1 N–H and O–H groups in total. The van der Waals surface area contributed by atoms with Crippen LogP contribution in [-0.2, 0) is 19.2 Å². The lowest BCUT2D eigenvalue weighted by Crippen LogP contribution is -2.26. The summed E-state index contributed by atoms with van der Waals surface area (Å²) in [4.78, 5) is 29.9. The molecule has 30 heavy (non-hydrogen) atoms. The average molecular weight is 446 g/mol. The van der Waals surface area contributed by atoms with Crippen LogP contribution in [0.2, 0.25) is 10.0 Å². The minimum absolute atomic E-state index is 0.208. The van der Waals surface area contributed by atoms with E-state index in [1.165, 1.54) is 7.11 Å². The van der Waals surface area contributed by atoms with Crippen molar-refractivity contribution in [2.45, 2.75) is 25.3 Å². The highest BCUT2D eigenvalue weighted by Gasteiger charge is 2.26. The highest BCUT2D eigenvalue weighted by atomic mass is 35.5. The highest BCUT2D eigenvalue weighted by Crippen LogP contribution is 2.29. The molecule has 5 nitrogen and oxygen atoms in total. The van der Waals surface area contributed by atoms with Crippen molar-refractivity contribution >= 4 is 45.9 Å². The van der Waals surface area contributed by atoms with Crippen molar-refractivity contribution in [1.29, 1.82) is 0 Å². The molecular weight excluding hydrogens is 425 g/mol.